The van der Waals surface area contributed by atoms with Crippen LogP contribution in [-0.2, 0) is 6.54 Å². The zero-order chi connectivity index (χ0) is 10.7. The Balaban J connectivity index is 2.25. The van der Waals surface area contributed by atoms with Crippen molar-refractivity contribution in [2.45, 2.75) is 19.5 Å². The van der Waals surface area contributed by atoms with E-state index >= 15 is 0 Å². The zero-order valence-corrected chi connectivity index (χ0v) is 9.66. The highest BCUT2D eigenvalue weighted by molar-refractivity contribution is 7.09. The number of imidazole rings is 1. The lowest BCUT2D eigenvalue weighted by Crippen LogP contribution is -2.14. The van der Waals surface area contributed by atoms with Crippen LogP contribution in [0.1, 0.15) is 23.7 Å². The fourth-order valence-corrected chi connectivity index (χ4v) is 2.25. The van der Waals surface area contributed by atoms with E-state index in [2.05, 4.69) is 26.8 Å². The van der Waals surface area contributed by atoms with E-state index in [9.17, 15) is 0 Å². The van der Waals surface area contributed by atoms with Gasteiger partial charge in [-0.1, -0.05) is 0 Å². The molecule has 80 valence electrons. The lowest BCUT2D eigenvalue weighted by Gasteiger charge is -2.13. The molecular weight excluding hydrogens is 208 g/mol. The maximum absolute atomic E-state index is 4.32. The van der Waals surface area contributed by atoms with Crippen LogP contribution in [-0.4, -0.2) is 21.6 Å². The Labute approximate surface area is 93.0 Å². The molecule has 0 spiro atoms. The standard InChI is InChI=1S/C10H14N4S/c1-8(10-13-3-4-15-10)14-7-12-6-9(14)5-11-2/h3-4,6-8,11H,5H2,1-2H3. The fraction of sp³-hybridized carbons (Fsp3) is 0.400. The van der Waals surface area contributed by atoms with Crippen LogP contribution >= 0.6 is 11.3 Å². The van der Waals surface area contributed by atoms with Gasteiger partial charge in [0.2, 0.25) is 0 Å². The Hall–Kier alpha value is -1.20. The third-order valence-electron chi connectivity index (χ3n) is 2.33. The molecule has 0 fully saturated rings. The van der Waals surface area contributed by atoms with E-state index < -0.39 is 0 Å². The predicted molar refractivity (Wildman–Crippen MR) is 60.9 cm³/mol. The van der Waals surface area contributed by atoms with E-state index in [0.29, 0.717) is 0 Å². The van der Waals surface area contributed by atoms with Gasteiger partial charge >= 0.3 is 0 Å². The van der Waals surface area contributed by atoms with E-state index in [0.717, 1.165) is 11.6 Å². The molecule has 0 saturated heterocycles. The van der Waals surface area contributed by atoms with Crippen molar-refractivity contribution in [2.24, 2.45) is 0 Å². The van der Waals surface area contributed by atoms with Crippen LogP contribution < -0.4 is 5.32 Å². The van der Waals surface area contributed by atoms with Gasteiger partial charge in [-0.2, -0.15) is 0 Å². The van der Waals surface area contributed by atoms with Gasteiger partial charge in [0.15, 0.2) is 0 Å². The Morgan fingerprint density at radius 1 is 1.60 bits per heavy atom. The summed E-state index contributed by atoms with van der Waals surface area (Å²) in [6.45, 7) is 2.97. The molecule has 1 atom stereocenters. The van der Waals surface area contributed by atoms with Crippen molar-refractivity contribution in [1.29, 1.82) is 0 Å². The van der Waals surface area contributed by atoms with Crippen LogP contribution in [0.4, 0.5) is 0 Å². The first-order valence-electron chi connectivity index (χ1n) is 4.87. The highest BCUT2D eigenvalue weighted by Gasteiger charge is 2.12. The van der Waals surface area contributed by atoms with E-state index in [1.54, 1.807) is 11.3 Å². The molecule has 0 aliphatic carbocycles. The molecule has 0 aliphatic heterocycles. The molecule has 2 heterocycles. The normalized spacial score (nSPS) is 12.9. The Morgan fingerprint density at radius 3 is 3.13 bits per heavy atom. The summed E-state index contributed by atoms with van der Waals surface area (Å²) in [5.41, 5.74) is 1.18. The molecule has 1 N–H and O–H groups in total. The molecule has 0 saturated carbocycles. The smallest absolute Gasteiger partial charge is 0.115 e. The second kappa shape index (κ2) is 4.55. The number of thiazole rings is 1. The average molecular weight is 222 g/mol. The largest absolute Gasteiger partial charge is 0.324 e. The molecule has 0 amide bonds. The van der Waals surface area contributed by atoms with E-state index in [1.165, 1.54) is 5.69 Å². The summed E-state index contributed by atoms with van der Waals surface area (Å²) < 4.78 is 2.15. The molecule has 0 bridgehead atoms. The summed E-state index contributed by atoms with van der Waals surface area (Å²) >= 11 is 1.68. The number of rotatable bonds is 4. The number of nitrogens with one attached hydrogen (secondary N) is 1. The van der Waals surface area contributed by atoms with Gasteiger partial charge in [-0.05, 0) is 14.0 Å². The molecular formula is C10H14N4S. The van der Waals surface area contributed by atoms with E-state index in [-0.39, 0.29) is 6.04 Å². The van der Waals surface area contributed by atoms with Gasteiger partial charge < -0.3 is 9.88 Å². The monoisotopic (exact) mass is 222 g/mol. The summed E-state index contributed by atoms with van der Waals surface area (Å²) in [7, 11) is 1.94. The molecule has 0 aromatic carbocycles. The number of hydrogen-bond acceptors (Lipinski definition) is 4. The van der Waals surface area contributed by atoms with Crippen LogP contribution in [0.2, 0.25) is 0 Å². The Bertz CT molecular complexity index is 407. The van der Waals surface area contributed by atoms with Gasteiger partial charge in [-0.3, -0.25) is 0 Å². The predicted octanol–water partition coefficient (Wildman–Crippen LogP) is 1.67. The summed E-state index contributed by atoms with van der Waals surface area (Å²) in [5.74, 6) is 0. The van der Waals surface area contributed by atoms with Crippen molar-refractivity contribution in [3.8, 4) is 0 Å². The molecule has 0 radical (unpaired) electrons. The highest BCUT2D eigenvalue weighted by Crippen LogP contribution is 2.21. The molecule has 15 heavy (non-hydrogen) atoms. The van der Waals surface area contributed by atoms with E-state index in [1.807, 2.05) is 31.1 Å². The van der Waals surface area contributed by atoms with Gasteiger partial charge in [-0.25, -0.2) is 9.97 Å². The van der Waals surface area contributed by atoms with Crippen molar-refractivity contribution < 1.29 is 0 Å². The van der Waals surface area contributed by atoms with Gasteiger partial charge in [0.1, 0.15) is 5.01 Å². The van der Waals surface area contributed by atoms with Crippen LogP contribution in [0.5, 0.6) is 0 Å². The summed E-state index contributed by atoms with van der Waals surface area (Å²) in [6, 6.07) is 0.260. The average Bonchev–Trinajstić information content (AvgIpc) is 2.87. The van der Waals surface area contributed by atoms with Crippen molar-refractivity contribution in [2.75, 3.05) is 7.05 Å². The van der Waals surface area contributed by atoms with Gasteiger partial charge in [0.25, 0.3) is 0 Å². The van der Waals surface area contributed by atoms with Crippen molar-refractivity contribution in [1.82, 2.24) is 19.9 Å². The third kappa shape index (κ3) is 2.08. The topological polar surface area (TPSA) is 42.7 Å². The minimum Gasteiger partial charge on any atom is -0.324 e. The Kier molecular flexibility index (Phi) is 3.13. The number of nitrogens with zero attached hydrogens (tertiary/aromatic N) is 3. The SMILES string of the molecule is CNCc1cncn1C(C)c1nccs1. The molecule has 5 heteroatoms. The van der Waals surface area contributed by atoms with Crippen LogP contribution in [0.25, 0.3) is 0 Å². The molecule has 2 rings (SSSR count). The van der Waals surface area contributed by atoms with Gasteiger partial charge in [-0.15, -0.1) is 11.3 Å². The maximum atomic E-state index is 4.32. The number of aromatic nitrogens is 3. The summed E-state index contributed by atoms with van der Waals surface area (Å²) in [6.07, 6.45) is 5.59. The van der Waals surface area contributed by atoms with E-state index in [4.69, 9.17) is 0 Å². The second-order valence-electron chi connectivity index (χ2n) is 3.37. The van der Waals surface area contributed by atoms with Gasteiger partial charge in [0, 0.05) is 24.3 Å². The van der Waals surface area contributed by atoms with Crippen LogP contribution in [0.15, 0.2) is 24.1 Å². The first-order valence-corrected chi connectivity index (χ1v) is 5.75. The minimum atomic E-state index is 0.260. The van der Waals surface area contributed by atoms with Crippen LogP contribution in [0.3, 0.4) is 0 Å². The first-order chi connectivity index (χ1) is 7.33. The quantitative estimate of drug-likeness (QED) is 0.855. The third-order valence-corrected chi connectivity index (χ3v) is 3.28. The number of hydrogen-bond donors (Lipinski definition) is 1. The van der Waals surface area contributed by atoms with Crippen molar-refractivity contribution >= 4 is 11.3 Å². The molecule has 4 nitrogen and oxygen atoms in total. The first kappa shape index (κ1) is 10.3. The highest BCUT2D eigenvalue weighted by atomic mass is 32.1. The van der Waals surface area contributed by atoms with Crippen LogP contribution in [0, 0.1) is 0 Å². The fourth-order valence-electron chi connectivity index (χ4n) is 1.56. The van der Waals surface area contributed by atoms with Crippen molar-refractivity contribution in [3.05, 3.63) is 34.8 Å². The zero-order valence-electron chi connectivity index (χ0n) is 8.84. The molecule has 2 aromatic rings. The minimum absolute atomic E-state index is 0.260. The maximum Gasteiger partial charge on any atom is 0.115 e. The lowest BCUT2D eigenvalue weighted by atomic mass is 10.3. The van der Waals surface area contributed by atoms with Crippen molar-refractivity contribution in [3.63, 3.8) is 0 Å². The molecule has 1 unspecified atom stereocenters. The second-order valence-corrected chi connectivity index (χ2v) is 4.30. The Morgan fingerprint density at radius 2 is 2.47 bits per heavy atom. The lowest BCUT2D eigenvalue weighted by molar-refractivity contribution is 0.590. The van der Waals surface area contributed by atoms with Gasteiger partial charge in [0.05, 0.1) is 18.1 Å². The molecule has 0 aliphatic rings. The molecule has 2 aromatic heterocycles. The summed E-state index contributed by atoms with van der Waals surface area (Å²) in [4.78, 5) is 8.49. The summed E-state index contributed by atoms with van der Waals surface area (Å²) in [5, 5.41) is 6.25.